The lowest BCUT2D eigenvalue weighted by atomic mass is 9.88. The Morgan fingerprint density at radius 1 is 1.45 bits per heavy atom. The van der Waals surface area contributed by atoms with E-state index in [-0.39, 0.29) is 21.1 Å². The topological polar surface area (TPSA) is 65.1 Å². The summed E-state index contributed by atoms with van der Waals surface area (Å²) >= 11 is 6.72. The fourth-order valence-electron chi connectivity index (χ4n) is 2.82. The van der Waals surface area contributed by atoms with Gasteiger partial charge in [0.25, 0.3) is 11.2 Å². The summed E-state index contributed by atoms with van der Waals surface area (Å²) in [5, 5.41) is 11.9. The van der Waals surface area contributed by atoms with Crippen molar-refractivity contribution in [3.63, 3.8) is 0 Å². The summed E-state index contributed by atoms with van der Waals surface area (Å²) in [4.78, 5) is 22.9. The van der Waals surface area contributed by atoms with Crippen molar-refractivity contribution < 1.29 is 4.92 Å². The van der Waals surface area contributed by atoms with Crippen LogP contribution in [0.1, 0.15) is 31.2 Å². The van der Waals surface area contributed by atoms with Crippen molar-refractivity contribution in [3.05, 3.63) is 36.7 Å². The molecule has 0 saturated heterocycles. The highest BCUT2D eigenvalue weighted by atomic mass is 79.9. The molecule has 1 aliphatic carbocycles. The van der Waals surface area contributed by atoms with Gasteiger partial charge in [0.1, 0.15) is 0 Å². The van der Waals surface area contributed by atoms with Crippen molar-refractivity contribution in [1.29, 1.82) is 0 Å². The lowest BCUT2D eigenvalue weighted by Crippen LogP contribution is -2.32. The molecule has 0 aromatic carbocycles. The SMILES string of the molecule is Cc1c([N+](=O)[O-])cn(CC2(CBr)CCCC2)c(=O)c1Br. The largest absolute Gasteiger partial charge is 0.307 e. The maximum Gasteiger partial charge on any atom is 0.289 e. The van der Waals surface area contributed by atoms with E-state index in [0.717, 1.165) is 31.0 Å². The zero-order valence-electron chi connectivity index (χ0n) is 11.2. The Morgan fingerprint density at radius 3 is 2.55 bits per heavy atom. The predicted molar refractivity (Wildman–Crippen MR) is 84.5 cm³/mol. The monoisotopic (exact) mass is 406 g/mol. The molecular formula is C13H16Br2N2O3. The smallest absolute Gasteiger partial charge is 0.289 e. The number of alkyl halides is 1. The van der Waals surface area contributed by atoms with E-state index in [1.165, 1.54) is 10.8 Å². The Morgan fingerprint density at radius 2 is 2.05 bits per heavy atom. The molecule has 0 N–H and O–H groups in total. The Hall–Kier alpha value is -0.690. The molecule has 0 aliphatic heterocycles. The van der Waals surface area contributed by atoms with Crippen LogP contribution in [0.25, 0.3) is 0 Å². The van der Waals surface area contributed by atoms with Gasteiger partial charge in [0.05, 0.1) is 15.6 Å². The molecule has 0 amide bonds. The van der Waals surface area contributed by atoms with Crippen LogP contribution < -0.4 is 5.56 Å². The lowest BCUT2D eigenvalue weighted by Gasteiger charge is -2.27. The molecule has 1 aliphatic rings. The van der Waals surface area contributed by atoms with Crippen LogP contribution in [-0.4, -0.2) is 14.8 Å². The van der Waals surface area contributed by atoms with E-state index in [1.54, 1.807) is 6.92 Å². The standard InChI is InChI=1S/C13H16Br2N2O3/c1-9-10(17(19)20)6-16(12(18)11(9)15)8-13(7-14)4-2-3-5-13/h6H,2-5,7-8H2,1H3. The van der Waals surface area contributed by atoms with Crippen LogP contribution in [0.2, 0.25) is 0 Å². The zero-order chi connectivity index (χ0) is 14.9. The number of hydrogen-bond acceptors (Lipinski definition) is 3. The lowest BCUT2D eigenvalue weighted by molar-refractivity contribution is -0.386. The number of aromatic nitrogens is 1. The molecular weight excluding hydrogens is 392 g/mol. The number of rotatable bonds is 4. The fraction of sp³-hybridized carbons (Fsp3) is 0.615. The zero-order valence-corrected chi connectivity index (χ0v) is 14.4. The van der Waals surface area contributed by atoms with Crippen LogP contribution in [0.3, 0.4) is 0 Å². The molecule has 7 heteroatoms. The minimum absolute atomic E-state index is 0.0146. The average Bonchev–Trinajstić information content (AvgIpc) is 2.88. The van der Waals surface area contributed by atoms with Crippen LogP contribution in [0.5, 0.6) is 0 Å². The Balaban J connectivity index is 2.46. The minimum Gasteiger partial charge on any atom is -0.307 e. The molecule has 1 fully saturated rings. The molecule has 1 saturated carbocycles. The first-order chi connectivity index (χ1) is 9.40. The average molecular weight is 408 g/mol. The van der Waals surface area contributed by atoms with Crippen LogP contribution >= 0.6 is 31.9 Å². The van der Waals surface area contributed by atoms with E-state index >= 15 is 0 Å². The first-order valence-electron chi connectivity index (χ1n) is 6.50. The second kappa shape index (κ2) is 5.97. The van der Waals surface area contributed by atoms with Crippen LogP contribution in [-0.2, 0) is 6.54 Å². The van der Waals surface area contributed by atoms with E-state index in [2.05, 4.69) is 31.9 Å². The van der Waals surface area contributed by atoms with Gasteiger partial charge >= 0.3 is 0 Å². The third-order valence-corrected chi connectivity index (χ3v) is 6.21. The van der Waals surface area contributed by atoms with Gasteiger partial charge in [0, 0.05) is 17.4 Å². The van der Waals surface area contributed by atoms with Gasteiger partial charge in [-0.25, -0.2) is 0 Å². The van der Waals surface area contributed by atoms with Gasteiger partial charge in [-0.2, -0.15) is 0 Å². The maximum atomic E-state index is 12.3. The summed E-state index contributed by atoms with van der Waals surface area (Å²) in [6, 6.07) is 0. The highest BCUT2D eigenvalue weighted by Crippen LogP contribution is 2.41. The van der Waals surface area contributed by atoms with Gasteiger partial charge in [-0.15, -0.1) is 0 Å². The summed E-state index contributed by atoms with van der Waals surface area (Å²) in [5.41, 5.74) is 0.210. The molecule has 5 nitrogen and oxygen atoms in total. The molecule has 20 heavy (non-hydrogen) atoms. The van der Waals surface area contributed by atoms with E-state index in [4.69, 9.17) is 0 Å². The summed E-state index contributed by atoms with van der Waals surface area (Å²) < 4.78 is 1.77. The summed E-state index contributed by atoms with van der Waals surface area (Å²) in [6.07, 6.45) is 5.77. The second-order valence-electron chi connectivity index (χ2n) is 5.48. The quantitative estimate of drug-likeness (QED) is 0.433. The third-order valence-electron chi connectivity index (χ3n) is 4.09. The molecule has 0 spiro atoms. The number of hydrogen-bond donors (Lipinski definition) is 0. The van der Waals surface area contributed by atoms with E-state index in [0.29, 0.717) is 12.1 Å². The Labute approximate surface area is 133 Å². The number of halogens is 2. The van der Waals surface area contributed by atoms with Crippen molar-refractivity contribution in [2.24, 2.45) is 5.41 Å². The molecule has 0 bridgehead atoms. The third kappa shape index (κ3) is 2.83. The molecule has 1 aromatic heterocycles. The summed E-state index contributed by atoms with van der Waals surface area (Å²) in [5.74, 6) is 0. The van der Waals surface area contributed by atoms with Gasteiger partial charge in [-0.3, -0.25) is 14.9 Å². The number of nitrogens with zero attached hydrogens (tertiary/aromatic N) is 2. The molecule has 0 atom stereocenters. The minimum atomic E-state index is -0.439. The summed E-state index contributed by atoms with van der Waals surface area (Å²) in [7, 11) is 0. The molecule has 1 aromatic rings. The van der Waals surface area contributed by atoms with Crippen molar-refractivity contribution in [2.75, 3.05) is 5.33 Å². The van der Waals surface area contributed by atoms with Gasteiger partial charge in [-0.05, 0) is 41.1 Å². The van der Waals surface area contributed by atoms with E-state index in [9.17, 15) is 14.9 Å². The van der Waals surface area contributed by atoms with Gasteiger partial charge in [0.2, 0.25) is 0 Å². The number of pyridine rings is 1. The molecule has 2 rings (SSSR count). The molecule has 110 valence electrons. The van der Waals surface area contributed by atoms with Gasteiger partial charge in [-0.1, -0.05) is 28.8 Å². The van der Waals surface area contributed by atoms with Crippen molar-refractivity contribution in [1.82, 2.24) is 4.57 Å². The highest BCUT2D eigenvalue weighted by Gasteiger charge is 2.34. The second-order valence-corrected chi connectivity index (χ2v) is 6.84. The van der Waals surface area contributed by atoms with E-state index < -0.39 is 4.92 Å². The highest BCUT2D eigenvalue weighted by molar-refractivity contribution is 9.10. The van der Waals surface area contributed by atoms with Crippen LogP contribution in [0, 0.1) is 22.5 Å². The normalized spacial score (nSPS) is 17.4. The Kier molecular flexibility index (Phi) is 4.69. The molecule has 0 radical (unpaired) electrons. The molecule has 1 heterocycles. The Bertz CT molecular complexity index is 592. The van der Waals surface area contributed by atoms with E-state index in [1.807, 2.05) is 0 Å². The van der Waals surface area contributed by atoms with Crippen molar-refractivity contribution >= 4 is 37.5 Å². The van der Waals surface area contributed by atoms with Crippen molar-refractivity contribution in [3.8, 4) is 0 Å². The van der Waals surface area contributed by atoms with Crippen LogP contribution in [0.4, 0.5) is 5.69 Å². The molecule has 0 unspecified atom stereocenters. The first kappa shape index (κ1) is 15.7. The van der Waals surface area contributed by atoms with Gasteiger partial charge < -0.3 is 4.57 Å². The maximum absolute atomic E-state index is 12.3. The summed E-state index contributed by atoms with van der Waals surface area (Å²) in [6.45, 7) is 2.11. The van der Waals surface area contributed by atoms with Crippen molar-refractivity contribution in [2.45, 2.75) is 39.2 Å². The van der Waals surface area contributed by atoms with Gasteiger partial charge in [0.15, 0.2) is 0 Å². The predicted octanol–water partition coefficient (Wildman–Crippen LogP) is 3.78. The number of nitro groups is 1. The first-order valence-corrected chi connectivity index (χ1v) is 8.41. The van der Waals surface area contributed by atoms with Crippen LogP contribution in [0.15, 0.2) is 15.5 Å². The fourth-order valence-corrected chi connectivity index (χ4v) is 3.99.